The lowest BCUT2D eigenvalue weighted by Gasteiger charge is -2.30. The van der Waals surface area contributed by atoms with Crippen LogP contribution in [-0.4, -0.2) is 23.0 Å². The highest BCUT2D eigenvalue weighted by molar-refractivity contribution is 5.13. The van der Waals surface area contributed by atoms with Crippen molar-refractivity contribution in [3.63, 3.8) is 0 Å². The van der Waals surface area contributed by atoms with Gasteiger partial charge in [-0.3, -0.25) is 9.88 Å². The molecule has 4 heteroatoms. The molecule has 0 amide bonds. The molecule has 2 aromatic rings. The maximum Gasteiger partial charge on any atom is 0.122 e. The third-order valence-corrected chi connectivity index (χ3v) is 3.54. The van der Waals surface area contributed by atoms with Crippen molar-refractivity contribution in [2.75, 3.05) is 7.05 Å². The molecule has 0 saturated heterocycles. The lowest BCUT2D eigenvalue weighted by atomic mass is 10.0. The number of aromatic nitrogens is 1. The highest BCUT2D eigenvalue weighted by atomic mass is 16.3. The summed E-state index contributed by atoms with van der Waals surface area (Å²) in [4.78, 5) is 6.58. The summed E-state index contributed by atoms with van der Waals surface area (Å²) in [5.41, 5.74) is 7.32. The Morgan fingerprint density at radius 1 is 1.30 bits per heavy atom. The number of rotatable bonds is 6. The Morgan fingerprint density at radius 3 is 2.65 bits per heavy atom. The Morgan fingerprint density at radius 2 is 2.10 bits per heavy atom. The maximum atomic E-state index is 6.29. The molecular formula is C16H23N3O. The summed E-state index contributed by atoms with van der Waals surface area (Å²) in [5.74, 6) is 1.84. The van der Waals surface area contributed by atoms with Crippen molar-refractivity contribution in [2.24, 2.45) is 5.73 Å². The molecule has 2 atom stereocenters. The predicted molar refractivity (Wildman–Crippen MR) is 80.2 cm³/mol. The third kappa shape index (κ3) is 3.46. The van der Waals surface area contributed by atoms with E-state index in [9.17, 15) is 0 Å². The van der Waals surface area contributed by atoms with Gasteiger partial charge in [-0.15, -0.1) is 0 Å². The van der Waals surface area contributed by atoms with Crippen LogP contribution >= 0.6 is 0 Å². The Labute approximate surface area is 120 Å². The Kier molecular flexibility index (Phi) is 4.93. The summed E-state index contributed by atoms with van der Waals surface area (Å²) in [6.45, 7) is 4.80. The molecule has 0 saturated carbocycles. The molecule has 20 heavy (non-hydrogen) atoms. The molecule has 0 aliphatic rings. The van der Waals surface area contributed by atoms with Gasteiger partial charge >= 0.3 is 0 Å². The smallest absolute Gasteiger partial charge is 0.122 e. The third-order valence-electron chi connectivity index (χ3n) is 3.54. The van der Waals surface area contributed by atoms with E-state index in [2.05, 4.69) is 23.9 Å². The van der Waals surface area contributed by atoms with Gasteiger partial charge in [-0.05, 0) is 44.7 Å². The lowest BCUT2D eigenvalue weighted by Crippen LogP contribution is -2.38. The standard InChI is InChI=1S/C16H23N3O/c1-4-14(17)16(15-9-8-12(2)20-15)19(3)11-13-7-5-6-10-18-13/h5-10,14,16H,4,11,17H2,1-3H3. The van der Waals surface area contributed by atoms with Crippen LogP contribution < -0.4 is 5.73 Å². The first-order chi connectivity index (χ1) is 9.61. The minimum atomic E-state index is 0.0364. The van der Waals surface area contributed by atoms with Crippen LogP contribution in [0, 0.1) is 6.92 Å². The van der Waals surface area contributed by atoms with E-state index in [1.807, 2.05) is 43.5 Å². The minimum absolute atomic E-state index is 0.0364. The fourth-order valence-electron chi connectivity index (χ4n) is 2.44. The molecule has 108 valence electrons. The fraction of sp³-hybridized carbons (Fsp3) is 0.438. The van der Waals surface area contributed by atoms with Crippen LogP contribution in [0.5, 0.6) is 0 Å². The van der Waals surface area contributed by atoms with Crippen LogP contribution in [0.15, 0.2) is 40.9 Å². The fourth-order valence-corrected chi connectivity index (χ4v) is 2.44. The van der Waals surface area contributed by atoms with Crippen LogP contribution in [0.2, 0.25) is 0 Å². The molecule has 2 N–H and O–H groups in total. The topological polar surface area (TPSA) is 55.3 Å². The van der Waals surface area contributed by atoms with E-state index in [0.29, 0.717) is 0 Å². The molecule has 2 rings (SSSR count). The summed E-state index contributed by atoms with van der Waals surface area (Å²) in [6, 6.07) is 10.1. The zero-order valence-electron chi connectivity index (χ0n) is 12.4. The van der Waals surface area contributed by atoms with E-state index in [4.69, 9.17) is 10.2 Å². The molecule has 0 aliphatic heterocycles. The Hall–Kier alpha value is -1.65. The first-order valence-corrected chi connectivity index (χ1v) is 7.04. The summed E-state index contributed by atoms with van der Waals surface area (Å²) < 4.78 is 5.79. The van der Waals surface area contributed by atoms with E-state index in [0.717, 1.165) is 30.2 Å². The van der Waals surface area contributed by atoms with Crippen molar-refractivity contribution in [2.45, 2.75) is 38.9 Å². The van der Waals surface area contributed by atoms with Gasteiger partial charge < -0.3 is 10.2 Å². The molecule has 0 aromatic carbocycles. The largest absolute Gasteiger partial charge is 0.465 e. The minimum Gasteiger partial charge on any atom is -0.465 e. The zero-order valence-corrected chi connectivity index (χ0v) is 12.4. The molecular weight excluding hydrogens is 250 g/mol. The molecule has 2 aromatic heterocycles. The van der Waals surface area contributed by atoms with Gasteiger partial charge in [-0.25, -0.2) is 0 Å². The monoisotopic (exact) mass is 273 g/mol. The van der Waals surface area contributed by atoms with Crippen LogP contribution in [0.4, 0.5) is 0 Å². The number of nitrogens with two attached hydrogens (primary N) is 1. The molecule has 0 radical (unpaired) electrons. The number of likely N-dealkylation sites (N-methyl/N-ethyl adjacent to an activating group) is 1. The van der Waals surface area contributed by atoms with Crippen molar-refractivity contribution in [1.29, 1.82) is 0 Å². The number of hydrogen-bond acceptors (Lipinski definition) is 4. The molecule has 0 bridgehead atoms. The first-order valence-electron chi connectivity index (χ1n) is 7.04. The van der Waals surface area contributed by atoms with Gasteiger partial charge in [-0.2, -0.15) is 0 Å². The van der Waals surface area contributed by atoms with E-state index in [1.54, 1.807) is 0 Å². The summed E-state index contributed by atoms with van der Waals surface area (Å²) in [6.07, 6.45) is 2.71. The van der Waals surface area contributed by atoms with E-state index >= 15 is 0 Å². The summed E-state index contributed by atoms with van der Waals surface area (Å²) in [5, 5.41) is 0. The second-order valence-corrected chi connectivity index (χ2v) is 5.20. The number of nitrogens with zero attached hydrogens (tertiary/aromatic N) is 2. The highest BCUT2D eigenvalue weighted by Crippen LogP contribution is 2.26. The van der Waals surface area contributed by atoms with Gasteiger partial charge in [-0.1, -0.05) is 13.0 Å². The molecule has 2 heterocycles. The van der Waals surface area contributed by atoms with Crippen LogP contribution in [0.3, 0.4) is 0 Å². The number of pyridine rings is 1. The number of hydrogen-bond donors (Lipinski definition) is 1. The Balaban J connectivity index is 2.18. The quantitative estimate of drug-likeness (QED) is 0.879. The van der Waals surface area contributed by atoms with E-state index < -0.39 is 0 Å². The number of furan rings is 1. The molecule has 2 unspecified atom stereocenters. The van der Waals surface area contributed by atoms with Crippen molar-refractivity contribution < 1.29 is 4.42 Å². The first kappa shape index (κ1) is 14.8. The van der Waals surface area contributed by atoms with Crippen LogP contribution in [-0.2, 0) is 6.54 Å². The maximum absolute atomic E-state index is 6.29. The van der Waals surface area contributed by atoms with Crippen molar-refractivity contribution in [3.05, 3.63) is 53.7 Å². The Bertz CT molecular complexity index is 524. The van der Waals surface area contributed by atoms with E-state index in [1.165, 1.54) is 0 Å². The average molecular weight is 273 g/mol. The second kappa shape index (κ2) is 6.68. The van der Waals surface area contributed by atoms with Gasteiger partial charge in [0.25, 0.3) is 0 Å². The molecule has 4 nitrogen and oxygen atoms in total. The summed E-state index contributed by atoms with van der Waals surface area (Å²) in [7, 11) is 2.06. The van der Waals surface area contributed by atoms with Gasteiger partial charge in [0, 0.05) is 18.8 Å². The lowest BCUT2D eigenvalue weighted by molar-refractivity contribution is 0.172. The van der Waals surface area contributed by atoms with Crippen LogP contribution in [0.25, 0.3) is 0 Å². The molecule has 0 fully saturated rings. The second-order valence-electron chi connectivity index (χ2n) is 5.20. The highest BCUT2D eigenvalue weighted by Gasteiger charge is 2.26. The van der Waals surface area contributed by atoms with E-state index in [-0.39, 0.29) is 12.1 Å². The molecule has 0 spiro atoms. The average Bonchev–Trinajstić information content (AvgIpc) is 2.86. The van der Waals surface area contributed by atoms with Crippen molar-refractivity contribution >= 4 is 0 Å². The van der Waals surface area contributed by atoms with Gasteiger partial charge in [0.1, 0.15) is 11.5 Å². The zero-order chi connectivity index (χ0) is 14.5. The van der Waals surface area contributed by atoms with Crippen LogP contribution in [0.1, 0.15) is 36.6 Å². The summed E-state index contributed by atoms with van der Waals surface area (Å²) >= 11 is 0. The normalized spacial score (nSPS) is 14.4. The van der Waals surface area contributed by atoms with Gasteiger partial charge in [0.15, 0.2) is 0 Å². The number of aryl methyl sites for hydroxylation is 1. The predicted octanol–water partition coefficient (Wildman–Crippen LogP) is 2.89. The van der Waals surface area contributed by atoms with Gasteiger partial charge in [0.05, 0.1) is 11.7 Å². The van der Waals surface area contributed by atoms with Crippen molar-refractivity contribution in [3.8, 4) is 0 Å². The SMILES string of the molecule is CCC(N)C(c1ccc(C)o1)N(C)Cc1ccccn1. The van der Waals surface area contributed by atoms with Crippen molar-refractivity contribution in [1.82, 2.24) is 9.88 Å². The molecule has 0 aliphatic carbocycles. The van der Waals surface area contributed by atoms with Gasteiger partial charge in [0.2, 0.25) is 0 Å².